The van der Waals surface area contributed by atoms with Crippen molar-refractivity contribution in [1.29, 1.82) is 0 Å². The van der Waals surface area contributed by atoms with Crippen molar-refractivity contribution in [2.75, 3.05) is 0 Å². The van der Waals surface area contributed by atoms with Crippen LogP contribution in [0.4, 0.5) is 4.39 Å². The Morgan fingerprint density at radius 1 is 0.556 bits per heavy atom. The highest BCUT2D eigenvalue weighted by Gasteiger charge is 2.26. The van der Waals surface area contributed by atoms with Gasteiger partial charge in [-0.25, -0.2) is 4.39 Å². The van der Waals surface area contributed by atoms with Gasteiger partial charge in [-0.05, 0) is 51.6 Å². The van der Waals surface area contributed by atoms with Crippen LogP contribution in [0.2, 0.25) is 0 Å². The minimum Gasteiger partial charge on any atom is -0.423 e. The van der Waals surface area contributed by atoms with E-state index in [1.54, 1.807) is 28.8 Å². The van der Waals surface area contributed by atoms with E-state index in [2.05, 4.69) is 0 Å². The van der Waals surface area contributed by atoms with E-state index < -0.39 is 7.12 Å². The third kappa shape index (κ3) is 3.54. The molecule has 12 heteroatoms. The van der Waals surface area contributed by atoms with Crippen molar-refractivity contribution in [1.82, 2.24) is 4.57 Å². The Kier molecular flexibility index (Phi) is 6.09. The Bertz CT molecular complexity index is 1680. The van der Waals surface area contributed by atoms with Crippen molar-refractivity contribution in [3.63, 3.8) is 0 Å². The lowest BCUT2D eigenvalue weighted by atomic mass is 9.59. The first-order valence-corrected chi connectivity index (χ1v) is 10.8. The predicted molar refractivity (Wildman–Crippen MR) is 154 cm³/mol. The Labute approximate surface area is 217 Å². The molecule has 0 saturated carbocycles. The molecule has 0 aliphatic rings. The summed E-state index contributed by atoms with van der Waals surface area (Å²) in [6.07, 6.45) is 0. The molecule has 0 aliphatic heterocycles. The van der Waals surface area contributed by atoms with Gasteiger partial charge in [0, 0.05) is 16.7 Å². The van der Waals surface area contributed by atoms with Gasteiger partial charge in [-0.1, -0.05) is 46.1 Å². The summed E-state index contributed by atoms with van der Waals surface area (Å²) in [5.74, 6) is -0.330. The smallest absolute Gasteiger partial charge is 0.423 e. The summed E-state index contributed by atoms with van der Waals surface area (Å²) in [6.45, 7) is 0. The summed E-state index contributed by atoms with van der Waals surface area (Å²) in [6, 6.07) is 13.4. The van der Waals surface area contributed by atoms with Crippen LogP contribution >= 0.6 is 0 Å². The molecule has 0 saturated heterocycles. The van der Waals surface area contributed by atoms with E-state index in [9.17, 15) is 14.4 Å². The molecule has 2 N–H and O–H groups in total. The van der Waals surface area contributed by atoms with Crippen LogP contribution in [0.5, 0.6) is 0 Å². The van der Waals surface area contributed by atoms with Crippen molar-refractivity contribution in [2.24, 2.45) is 0 Å². The molecular weight excluding hydrogens is 440 g/mol. The molecule has 0 fully saturated rings. The van der Waals surface area contributed by atoms with Gasteiger partial charge < -0.3 is 14.6 Å². The first-order chi connectivity index (χ1) is 17.0. The molecule has 0 unspecified atom stereocenters. The second kappa shape index (κ2) is 8.86. The molecule has 14 radical (unpaired) electrons. The summed E-state index contributed by atoms with van der Waals surface area (Å²) in [7, 11) is 42.2. The molecule has 1 heterocycles. The third-order valence-electron chi connectivity index (χ3n) is 6.52. The van der Waals surface area contributed by atoms with Crippen molar-refractivity contribution in [2.45, 2.75) is 0 Å². The summed E-state index contributed by atoms with van der Waals surface area (Å²) < 4.78 is 15.1. The third-order valence-corrected chi connectivity index (χ3v) is 6.52. The van der Waals surface area contributed by atoms with Gasteiger partial charge in [0.25, 0.3) is 0 Å². The van der Waals surface area contributed by atoms with Crippen LogP contribution in [0.25, 0.3) is 38.6 Å². The molecule has 3 nitrogen and oxygen atoms in total. The van der Waals surface area contributed by atoms with Gasteiger partial charge in [-0.2, -0.15) is 0 Å². The molecule has 5 aromatic rings. The van der Waals surface area contributed by atoms with Crippen LogP contribution < -0.4 is 43.7 Å². The largest absolute Gasteiger partial charge is 0.487 e. The molecule has 0 bridgehead atoms. The molecule has 36 heavy (non-hydrogen) atoms. The standard InChI is InChI=1S/C24H10B8FNO2/c25-15-13-14-16(26)22(32(35)36)19(29)21(31)24(14)34(23(13)20(30)18(28)17(15)27)12-7-3-10(4-8-12)9-1-5-11(33)6-2-9/h1-8,35-36H. The molecule has 4 aromatic carbocycles. The van der Waals surface area contributed by atoms with Crippen LogP contribution in [0.15, 0.2) is 48.5 Å². The summed E-state index contributed by atoms with van der Waals surface area (Å²) >= 11 is 0. The van der Waals surface area contributed by atoms with Crippen molar-refractivity contribution in [3.05, 3.63) is 54.3 Å². The van der Waals surface area contributed by atoms with Gasteiger partial charge in [0.05, 0.1) is 0 Å². The molecule has 0 spiro atoms. The van der Waals surface area contributed by atoms with Crippen LogP contribution in [0, 0.1) is 5.82 Å². The van der Waals surface area contributed by atoms with Crippen LogP contribution in [0.1, 0.15) is 0 Å². The molecular formula is C24H10B8FNO2. The maximum Gasteiger partial charge on any atom is 0.487 e. The summed E-state index contributed by atoms with van der Waals surface area (Å²) in [5, 5.41) is 20.6. The molecule has 0 amide bonds. The fourth-order valence-electron chi connectivity index (χ4n) is 4.69. The van der Waals surface area contributed by atoms with E-state index in [0.29, 0.717) is 27.5 Å². The van der Waals surface area contributed by atoms with E-state index in [4.69, 9.17) is 54.9 Å². The number of nitrogens with zero attached hydrogens (tertiary/aromatic N) is 1. The number of hydrogen-bond acceptors (Lipinski definition) is 2. The van der Waals surface area contributed by atoms with Crippen molar-refractivity contribution >= 4 is 128 Å². The Morgan fingerprint density at radius 2 is 1.00 bits per heavy atom. The normalized spacial score (nSPS) is 11.4. The predicted octanol–water partition coefficient (Wildman–Crippen LogP) is -4.17. The average molecular weight is 450 g/mol. The zero-order valence-electron chi connectivity index (χ0n) is 19.0. The van der Waals surface area contributed by atoms with E-state index >= 15 is 0 Å². The lowest BCUT2D eigenvalue weighted by Crippen LogP contribution is -2.56. The maximum atomic E-state index is 13.4. The quantitative estimate of drug-likeness (QED) is 0.275. The highest BCUT2D eigenvalue weighted by atomic mass is 19.1. The zero-order valence-corrected chi connectivity index (χ0v) is 19.0. The first-order valence-electron chi connectivity index (χ1n) is 10.8. The van der Waals surface area contributed by atoms with E-state index in [0.717, 1.165) is 11.1 Å². The second-order valence-corrected chi connectivity index (χ2v) is 8.52. The fourth-order valence-corrected chi connectivity index (χ4v) is 4.69. The zero-order chi connectivity index (χ0) is 26.0. The molecule has 0 aliphatic carbocycles. The average Bonchev–Trinajstić information content (AvgIpc) is 3.22. The number of halogens is 1. The maximum absolute atomic E-state index is 13.4. The Morgan fingerprint density at radius 3 is 1.53 bits per heavy atom. The lowest BCUT2D eigenvalue weighted by Gasteiger charge is -2.18. The monoisotopic (exact) mass is 451 g/mol. The van der Waals surface area contributed by atoms with E-state index in [1.165, 1.54) is 12.1 Å². The number of hydrogen-bond donors (Lipinski definition) is 2. The molecule has 154 valence electrons. The van der Waals surface area contributed by atoms with Crippen LogP contribution in [-0.4, -0.2) is 76.7 Å². The van der Waals surface area contributed by atoms with Crippen molar-refractivity contribution in [3.8, 4) is 16.8 Å². The minimum absolute atomic E-state index is 0.0337. The van der Waals surface area contributed by atoms with Gasteiger partial charge >= 0.3 is 7.12 Å². The minimum atomic E-state index is -1.99. The highest BCUT2D eigenvalue weighted by molar-refractivity contribution is 6.76. The SMILES string of the molecule is [B]c1c([B])c([B])c2c(c1[B])c1c([B])c(B(O)O)c([B])c([B])c1n2-c1ccc(-c2ccc(F)cc2)cc1. The van der Waals surface area contributed by atoms with Gasteiger partial charge in [-0.3, -0.25) is 0 Å². The number of benzene rings is 4. The topological polar surface area (TPSA) is 45.4 Å². The number of fused-ring (bicyclic) bond motifs is 3. The fraction of sp³-hybridized carbons (Fsp3) is 0. The van der Waals surface area contributed by atoms with Gasteiger partial charge in [0.1, 0.15) is 60.7 Å². The Balaban J connectivity index is 1.92. The second-order valence-electron chi connectivity index (χ2n) is 8.52. The first kappa shape index (κ1) is 24.7. The van der Waals surface area contributed by atoms with Crippen LogP contribution in [-0.2, 0) is 0 Å². The van der Waals surface area contributed by atoms with E-state index in [1.807, 2.05) is 12.1 Å². The molecule has 5 rings (SSSR count). The Hall–Kier alpha value is -2.95. The lowest BCUT2D eigenvalue weighted by molar-refractivity contribution is 0.426. The number of aromatic nitrogens is 1. The van der Waals surface area contributed by atoms with Crippen molar-refractivity contribution < 1.29 is 14.4 Å². The number of rotatable bonds is 3. The summed E-state index contributed by atoms with van der Waals surface area (Å²) in [4.78, 5) is 0. The highest BCUT2D eigenvalue weighted by Crippen LogP contribution is 2.28. The van der Waals surface area contributed by atoms with E-state index in [-0.39, 0.29) is 49.5 Å². The van der Waals surface area contributed by atoms with Gasteiger partial charge in [0.15, 0.2) is 0 Å². The van der Waals surface area contributed by atoms with Gasteiger partial charge in [-0.15, -0.1) is 16.4 Å². The summed E-state index contributed by atoms with van der Waals surface area (Å²) in [5.41, 5.74) is 3.15. The molecule has 0 atom stereocenters. The van der Waals surface area contributed by atoms with Crippen LogP contribution in [0.3, 0.4) is 0 Å². The van der Waals surface area contributed by atoms with Gasteiger partial charge in [0.2, 0.25) is 0 Å². The molecule has 1 aromatic heterocycles.